The summed E-state index contributed by atoms with van der Waals surface area (Å²) in [4.78, 5) is 16.9. The van der Waals surface area contributed by atoms with Gasteiger partial charge in [0.05, 0.1) is 0 Å². The SMILES string of the molecule is CC(Oc1ccc(F)cc1)C(=O)NC(c1ccc(F)cc1)c1nccn1C. The molecule has 7 heteroatoms. The van der Waals surface area contributed by atoms with Crippen molar-refractivity contribution in [2.24, 2.45) is 7.05 Å². The Morgan fingerprint density at radius 2 is 1.67 bits per heavy atom. The van der Waals surface area contributed by atoms with Gasteiger partial charge in [-0.3, -0.25) is 4.79 Å². The second kappa shape index (κ2) is 7.99. The third-order valence-corrected chi connectivity index (χ3v) is 4.10. The Hall–Kier alpha value is -3.22. The van der Waals surface area contributed by atoms with Gasteiger partial charge in [0.15, 0.2) is 6.10 Å². The molecule has 3 rings (SSSR count). The molecule has 1 heterocycles. The quantitative estimate of drug-likeness (QED) is 0.723. The van der Waals surface area contributed by atoms with Crippen LogP contribution in [0.3, 0.4) is 0 Å². The molecule has 1 N–H and O–H groups in total. The Bertz CT molecular complexity index is 908. The van der Waals surface area contributed by atoms with Gasteiger partial charge in [-0.25, -0.2) is 13.8 Å². The van der Waals surface area contributed by atoms with Crippen LogP contribution in [0, 0.1) is 11.6 Å². The molecule has 27 heavy (non-hydrogen) atoms. The number of aryl methyl sites for hydroxylation is 1. The molecule has 0 aliphatic rings. The van der Waals surface area contributed by atoms with E-state index < -0.39 is 12.1 Å². The zero-order chi connectivity index (χ0) is 19.4. The molecule has 2 atom stereocenters. The fourth-order valence-electron chi connectivity index (χ4n) is 2.64. The molecule has 0 aliphatic carbocycles. The Kier molecular flexibility index (Phi) is 5.49. The number of aromatic nitrogens is 2. The predicted octanol–water partition coefficient (Wildman–Crippen LogP) is 3.37. The number of hydrogen-bond donors (Lipinski definition) is 1. The lowest BCUT2D eigenvalue weighted by Crippen LogP contribution is -2.39. The van der Waals surface area contributed by atoms with Crippen molar-refractivity contribution in [2.75, 3.05) is 0 Å². The third kappa shape index (κ3) is 4.49. The molecule has 0 aliphatic heterocycles. The van der Waals surface area contributed by atoms with Crippen LogP contribution >= 0.6 is 0 Å². The molecule has 1 aromatic heterocycles. The van der Waals surface area contributed by atoms with Gasteiger partial charge >= 0.3 is 0 Å². The minimum atomic E-state index is -0.821. The second-order valence-corrected chi connectivity index (χ2v) is 6.10. The lowest BCUT2D eigenvalue weighted by molar-refractivity contribution is -0.127. The van der Waals surface area contributed by atoms with Crippen molar-refractivity contribution in [1.29, 1.82) is 0 Å². The topological polar surface area (TPSA) is 56.1 Å². The molecule has 140 valence electrons. The summed E-state index contributed by atoms with van der Waals surface area (Å²) in [7, 11) is 1.81. The molecular formula is C20H19F2N3O2. The molecule has 0 spiro atoms. The molecule has 0 saturated carbocycles. The normalized spacial score (nSPS) is 13.0. The Balaban J connectivity index is 1.78. The molecule has 2 aromatic carbocycles. The summed E-state index contributed by atoms with van der Waals surface area (Å²) < 4.78 is 33.6. The van der Waals surface area contributed by atoms with Crippen LogP contribution in [-0.2, 0) is 11.8 Å². The van der Waals surface area contributed by atoms with Crippen LogP contribution in [0.2, 0.25) is 0 Å². The van der Waals surface area contributed by atoms with E-state index in [4.69, 9.17) is 4.74 Å². The van der Waals surface area contributed by atoms with Gasteiger partial charge in [0.1, 0.15) is 29.3 Å². The first-order valence-electron chi connectivity index (χ1n) is 8.39. The lowest BCUT2D eigenvalue weighted by atomic mass is 10.1. The van der Waals surface area contributed by atoms with Gasteiger partial charge in [0.2, 0.25) is 0 Å². The minimum Gasteiger partial charge on any atom is -0.481 e. The number of carbonyl (C=O) groups is 1. The van der Waals surface area contributed by atoms with Crippen molar-refractivity contribution in [3.63, 3.8) is 0 Å². The summed E-state index contributed by atoms with van der Waals surface area (Å²) >= 11 is 0. The summed E-state index contributed by atoms with van der Waals surface area (Å²) in [5, 5.41) is 2.88. The van der Waals surface area contributed by atoms with Crippen LogP contribution in [-0.4, -0.2) is 21.6 Å². The number of carbonyl (C=O) groups excluding carboxylic acids is 1. The number of amides is 1. The van der Waals surface area contributed by atoms with Gasteiger partial charge in [-0.2, -0.15) is 0 Å². The van der Waals surface area contributed by atoms with Crippen LogP contribution in [0.4, 0.5) is 8.78 Å². The molecule has 2 unspecified atom stereocenters. The molecule has 5 nitrogen and oxygen atoms in total. The summed E-state index contributed by atoms with van der Waals surface area (Å²) in [6, 6.07) is 10.7. The lowest BCUT2D eigenvalue weighted by Gasteiger charge is -2.22. The Labute approximate surface area is 155 Å². The Morgan fingerprint density at radius 3 is 2.22 bits per heavy atom. The molecule has 0 fully saturated rings. The van der Waals surface area contributed by atoms with E-state index >= 15 is 0 Å². The van der Waals surface area contributed by atoms with E-state index in [1.807, 2.05) is 7.05 Å². The Morgan fingerprint density at radius 1 is 1.07 bits per heavy atom. The predicted molar refractivity (Wildman–Crippen MR) is 96.1 cm³/mol. The highest BCUT2D eigenvalue weighted by atomic mass is 19.1. The highest BCUT2D eigenvalue weighted by Crippen LogP contribution is 2.21. The number of benzene rings is 2. The van der Waals surface area contributed by atoms with Gasteiger partial charge in [0, 0.05) is 19.4 Å². The summed E-state index contributed by atoms with van der Waals surface area (Å²) in [5.41, 5.74) is 0.688. The van der Waals surface area contributed by atoms with E-state index in [-0.39, 0.29) is 17.5 Å². The van der Waals surface area contributed by atoms with Crippen LogP contribution < -0.4 is 10.1 Å². The van der Waals surface area contributed by atoms with E-state index in [1.165, 1.54) is 36.4 Å². The summed E-state index contributed by atoms with van der Waals surface area (Å²) in [6.45, 7) is 1.60. The smallest absolute Gasteiger partial charge is 0.261 e. The van der Waals surface area contributed by atoms with Gasteiger partial charge in [-0.05, 0) is 48.9 Å². The van der Waals surface area contributed by atoms with Crippen LogP contribution in [0.25, 0.3) is 0 Å². The van der Waals surface area contributed by atoms with Crippen molar-refractivity contribution >= 4 is 5.91 Å². The van der Waals surface area contributed by atoms with Gasteiger partial charge < -0.3 is 14.6 Å². The fourth-order valence-corrected chi connectivity index (χ4v) is 2.64. The van der Waals surface area contributed by atoms with E-state index in [9.17, 15) is 13.6 Å². The highest BCUT2D eigenvalue weighted by molar-refractivity contribution is 5.81. The van der Waals surface area contributed by atoms with E-state index in [0.717, 1.165) is 0 Å². The van der Waals surface area contributed by atoms with Crippen molar-refractivity contribution in [1.82, 2.24) is 14.9 Å². The van der Waals surface area contributed by atoms with Crippen LogP contribution in [0.5, 0.6) is 5.75 Å². The van der Waals surface area contributed by atoms with Crippen LogP contribution in [0.1, 0.15) is 24.4 Å². The number of ether oxygens (including phenoxy) is 1. The average Bonchev–Trinajstić information content (AvgIpc) is 3.08. The number of nitrogens with one attached hydrogen (secondary N) is 1. The molecule has 0 radical (unpaired) electrons. The largest absolute Gasteiger partial charge is 0.481 e. The average molecular weight is 371 g/mol. The second-order valence-electron chi connectivity index (χ2n) is 6.10. The first-order chi connectivity index (χ1) is 12.9. The van der Waals surface area contributed by atoms with Crippen molar-refractivity contribution < 1.29 is 18.3 Å². The van der Waals surface area contributed by atoms with Gasteiger partial charge in [-0.1, -0.05) is 12.1 Å². The molecular weight excluding hydrogens is 352 g/mol. The maximum absolute atomic E-state index is 13.3. The first-order valence-corrected chi connectivity index (χ1v) is 8.39. The van der Waals surface area contributed by atoms with Gasteiger partial charge in [0.25, 0.3) is 5.91 Å². The maximum Gasteiger partial charge on any atom is 0.261 e. The van der Waals surface area contributed by atoms with Gasteiger partial charge in [-0.15, -0.1) is 0 Å². The summed E-state index contributed by atoms with van der Waals surface area (Å²) in [5.74, 6) is -0.141. The monoisotopic (exact) mass is 371 g/mol. The van der Waals surface area contributed by atoms with E-state index in [1.54, 1.807) is 36.0 Å². The number of imidazole rings is 1. The van der Waals surface area contributed by atoms with E-state index in [2.05, 4.69) is 10.3 Å². The van der Waals surface area contributed by atoms with E-state index in [0.29, 0.717) is 17.1 Å². The standard InChI is InChI=1S/C20H19F2N3O2/c1-13(27-17-9-7-16(22)8-10-17)20(26)24-18(19-23-11-12-25(19)2)14-3-5-15(21)6-4-14/h3-13,18H,1-2H3,(H,24,26). The van der Waals surface area contributed by atoms with Crippen molar-refractivity contribution in [3.05, 3.63) is 83.9 Å². The maximum atomic E-state index is 13.3. The van der Waals surface area contributed by atoms with Crippen molar-refractivity contribution in [2.45, 2.75) is 19.1 Å². The number of halogens is 2. The summed E-state index contributed by atoms with van der Waals surface area (Å²) in [6.07, 6.45) is 2.56. The number of rotatable bonds is 6. The minimum absolute atomic E-state index is 0.364. The third-order valence-electron chi connectivity index (χ3n) is 4.10. The molecule has 0 saturated heterocycles. The molecule has 0 bridgehead atoms. The number of hydrogen-bond acceptors (Lipinski definition) is 3. The zero-order valence-electron chi connectivity index (χ0n) is 14.9. The first kappa shape index (κ1) is 18.6. The zero-order valence-corrected chi connectivity index (χ0v) is 14.9. The van der Waals surface area contributed by atoms with Crippen molar-refractivity contribution in [3.8, 4) is 5.75 Å². The fraction of sp³-hybridized carbons (Fsp3) is 0.200. The van der Waals surface area contributed by atoms with Crippen LogP contribution in [0.15, 0.2) is 60.9 Å². The molecule has 1 amide bonds. The highest BCUT2D eigenvalue weighted by Gasteiger charge is 2.24. The molecule has 3 aromatic rings. The number of nitrogens with zero attached hydrogens (tertiary/aromatic N) is 2.